The van der Waals surface area contributed by atoms with Gasteiger partial charge in [-0.15, -0.1) is 0 Å². The molecule has 0 aliphatic carbocycles. The van der Waals surface area contributed by atoms with Crippen LogP contribution in [0, 0.1) is 0 Å². The molecule has 1 atom stereocenters. The number of hydrogen-bond acceptors (Lipinski definition) is 3. The van der Waals surface area contributed by atoms with Crippen LogP contribution in [-0.2, 0) is 11.2 Å². The van der Waals surface area contributed by atoms with Gasteiger partial charge in [0.05, 0.1) is 6.61 Å². The molecule has 4 heteroatoms. The Hall–Kier alpha value is -3.01. The minimum absolute atomic E-state index is 0.103. The van der Waals surface area contributed by atoms with E-state index in [1.807, 2.05) is 60.7 Å². The van der Waals surface area contributed by atoms with E-state index >= 15 is 0 Å². The number of ether oxygens (including phenoxy) is 2. The summed E-state index contributed by atoms with van der Waals surface area (Å²) in [5.74, 6) is 1.56. The van der Waals surface area contributed by atoms with Crippen LogP contribution in [0.2, 0.25) is 0 Å². The quantitative estimate of drug-likeness (QED) is 0.487. The van der Waals surface area contributed by atoms with E-state index in [9.17, 15) is 4.79 Å². The molecule has 0 aliphatic rings. The zero-order chi connectivity index (χ0) is 20.5. The van der Waals surface area contributed by atoms with Crippen molar-refractivity contribution >= 4 is 16.7 Å². The molecular weight excluding hydrogens is 362 g/mol. The van der Waals surface area contributed by atoms with Gasteiger partial charge in [0.25, 0.3) is 5.91 Å². The molecule has 1 N–H and O–H groups in total. The zero-order valence-corrected chi connectivity index (χ0v) is 17.2. The first kappa shape index (κ1) is 20.7. The van der Waals surface area contributed by atoms with Crippen LogP contribution < -0.4 is 14.8 Å². The minimum Gasteiger partial charge on any atom is -0.493 e. The number of carbonyl (C=O) groups is 1. The highest BCUT2D eigenvalue weighted by atomic mass is 16.5. The molecule has 3 aromatic rings. The van der Waals surface area contributed by atoms with Crippen LogP contribution in [0.4, 0.5) is 0 Å². The van der Waals surface area contributed by atoms with E-state index in [0.717, 1.165) is 48.1 Å². The van der Waals surface area contributed by atoms with Gasteiger partial charge in [-0.05, 0) is 49.3 Å². The largest absolute Gasteiger partial charge is 0.493 e. The Labute approximate surface area is 172 Å². The van der Waals surface area contributed by atoms with Crippen molar-refractivity contribution in [2.45, 2.75) is 39.2 Å². The lowest BCUT2D eigenvalue weighted by atomic mass is 10.1. The summed E-state index contributed by atoms with van der Waals surface area (Å²) in [7, 11) is 0. The second-order valence-corrected chi connectivity index (χ2v) is 7.09. The maximum Gasteiger partial charge on any atom is 0.260 e. The molecular formula is C25H29NO3. The van der Waals surface area contributed by atoms with Crippen LogP contribution in [0.5, 0.6) is 11.5 Å². The fraction of sp³-hybridized carbons (Fsp3) is 0.320. The Morgan fingerprint density at radius 2 is 1.69 bits per heavy atom. The lowest BCUT2D eigenvalue weighted by molar-refractivity contribution is -0.127. The van der Waals surface area contributed by atoms with Gasteiger partial charge >= 0.3 is 0 Å². The summed E-state index contributed by atoms with van der Waals surface area (Å²) in [6.45, 7) is 5.20. The third-order valence-electron chi connectivity index (χ3n) is 4.78. The van der Waals surface area contributed by atoms with Gasteiger partial charge in [0.1, 0.15) is 11.5 Å². The number of hydrogen-bond donors (Lipinski definition) is 1. The maximum absolute atomic E-state index is 12.4. The summed E-state index contributed by atoms with van der Waals surface area (Å²) in [6, 6.07) is 22.0. The number of aryl methyl sites for hydroxylation is 1. The highest BCUT2D eigenvalue weighted by molar-refractivity contribution is 5.89. The average Bonchev–Trinajstić information content (AvgIpc) is 2.76. The topological polar surface area (TPSA) is 47.6 Å². The van der Waals surface area contributed by atoms with Gasteiger partial charge in [-0.1, -0.05) is 61.5 Å². The Morgan fingerprint density at radius 3 is 2.55 bits per heavy atom. The summed E-state index contributed by atoms with van der Waals surface area (Å²) in [6.07, 6.45) is 2.14. The second kappa shape index (κ2) is 10.5. The molecule has 0 spiro atoms. The first-order valence-corrected chi connectivity index (χ1v) is 10.3. The number of amides is 1. The standard InChI is InChI=1S/C25H29NO3/c1-3-18-28-23-15-7-5-11-21(23)13-9-17-26-25(27)19(2)29-24-16-8-12-20-10-4-6-14-22(20)24/h4-8,10-12,14-16,19H,3,9,13,17-18H2,1-2H3,(H,26,27). The van der Waals surface area contributed by atoms with Gasteiger partial charge in [0.2, 0.25) is 0 Å². The van der Waals surface area contributed by atoms with Gasteiger partial charge in [-0.25, -0.2) is 0 Å². The normalized spacial score (nSPS) is 11.8. The highest BCUT2D eigenvalue weighted by Gasteiger charge is 2.15. The summed E-state index contributed by atoms with van der Waals surface area (Å²) >= 11 is 0. The molecule has 0 heterocycles. The van der Waals surface area contributed by atoms with Gasteiger partial charge in [0.15, 0.2) is 6.10 Å². The first-order valence-electron chi connectivity index (χ1n) is 10.3. The maximum atomic E-state index is 12.4. The van der Waals surface area contributed by atoms with Crippen molar-refractivity contribution in [1.29, 1.82) is 0 Å². The predicted molar refractivity (Wildman–Crippen MR) is 118 cm³/mol. The molecule has 0 saturated carbocycles. The predicted octanol–water partition coefficient (Wildman–Crippen LogP) is 5.14. The van der Waals surface area contributed by atoms with E-state index in [2.05, 4.69) is 18.3 Å². The molecule has 0 bridgehead atoms. The Bertz CT molecular complexity index is 933. The van der Waals surface area contributed by atoms with E-state index in [4.69, 9.17) is 9.47 Å². The van der Waals surface area contributed by atoms with Gasteiger partial charge in [-0.2, -0.15) is 0 Å². The molecule has 0 radical (unpaired) electrons. The van der Waals surface area contributed by atoms with Crippen molar-refractivity contribution in [2.24, 2.45) is 0 Å². The van der Waals surface area contributed by atoms with Crippen molar-refractivity contribution in [3.63, 3.8) is 0 Å². The Kier molecular flexibility index (Phi) is 7.51. The molecule has 1 unspecified atom stereocenters. The van der Waals surface area contributed by atoms with Crippen LogP contribution in [0.3, 0.4) is 0 Å². The Balaban J connectivity index is 1.48. The van der Waals surface area contributed by atoms with E-state index in [1.165, 1.54) is 5.56 Å². The lowest BCUT2D eigenvalue weighted by Gasteiger charge is -2.16. The molecule has 152 valence electrons. The summed E-state index contributed by atoms with van der Waals surface area (Å²) in [5.41, 5.74) is 1.18. The molecule has 0 saturated heterocycles. The minimum atomic E-state index is -0.555. The van der Waals surface area contributed by atoms with Gasteiger partial charge < -0.3 is 14.8 Å². The van der Waals surface area contributed by atoms with Crippen LogP contribution in [0.1, 0.15) is 32.3 Å². The molecule has 29 heavy (non-hydrogen) atoms. The molecule has 0 aliphatic heterocycles. The van der Waals surface area contributed by atoms with Crippen molar-refractivity contribution < 1.29 is 14.3 Å². The fourth-order valence-electron chi connectivity index (χ4n) is 3.24. The molecule has 3 rings (SSSR count). The average molecular weight is 392 g/mol. The third kappa shape index (κ3) is 5.74. The summed E-state index contributed by atoms with van der Waals surface area (Å²) in [5, 5.41) is 5.09. The van der Waals surface area contributed by atoms with Crippen LogP contribution in [0.15, 0.2) is 66.7 Å². The number of fused-ring (bicyclic) bond motifs is 1. The number of carbonyl (C=O) groups excluding carboxylic acids is 1. The molecule has 4 nitrogen and oxygen atoms in total. The Morgan fingerprint density at radius 1 is 0.966 bits per heavy atom. The van der Waals surface area contributed by atoms with Crippen molar-refractivity contribution in [3.8, 4) is 11.5 Å². The summed E-state index contributed by atoms with van der Waals surface area (Å²) in [4.78, 5) is 12.4. The van der Waals surface area contributed by atoms with E-state index in [0.29, 0.717) is 6.54 Å². The number of para-hydroxylation sites is 1. The zero-order valence-electron chi connectivity index (χ0n) is 17.2. The van der Waals surface area contributed by atoms with E-state index in [-0.39, 0.29) is 5.91 Å². The number of benzene rings is 3. The van der Waals surface area contributed by atoms with Gasteiger partial charge in [0, 0.05) is 11.9 Å². The van der Waals surface area contributed by atoms with Crippen LogP contribution in [0.25, 0.3) is 10.8 Å². The smallest absolute Gasteiger partial charge is 0.260 e. The van der Waals surface area contributed by atoms with E-state index in [1.54, 1.807) is 6.92 Å². The van der Waals surface area contributed by atoms with E-state index < -0.39 is 6.10 Å². The molecule has 1 amide bonds. The lowest BCUT2D eigenvalue weighted by Crippen LogP contribution is -2.37. The summed E-state index contributed by atoms with van der Waals surface area (Å²) < 4.78 is 11.7. The molecule has 0 fully saturated rings. The SMILES string of the molecule is CCCOc1ccccc1CCCNC(=O)C(C)Oc1cccc2ccccc12. The van der Waals surface area contributed by atoms with Crippen molar-refractivity contribution in [2.75, 3.05) is 13.2 Å². The third-order valence-corrected chi connectivity index (χ3v) is 4.78. The van der Waals surface area contributed by atoms with Crippen LogP contribution >= 0.6 is 0 Å². The van der Waals surface area contributed by atoms with Crippen molar-refractivity contribution in [1.82, 2.24) is 5.32 Å². The fourth-order valence-corrected chi connectivity index (χ4v) is 3.24. The number of rotatable bonds is 10. The highest BCUT2D eigenvalue weighted by Crippen LogP contribution is 2.26. The van der Waals surface area contributed by atoms with Crippen molar-refractivity contribution in [3.05, 3.63) is 72.3 Å². The first-order chi connectivity index (χ1) is 14.2. The van der Waals surface area contributed by atoms with Crippen LogP contribution in [-0.4, -0.2) is 25.2 Å². The molecule has 3 aromatic carbocycles. The molecule has 0 aromatic heterocycles. The second-order valence-electron chi connectivity index (χ2n) is 7.09. The monoisotopic (exact) mass is 391 g/mol. The van der Waals surface area contributed by atoms with Gasteiger partial charge in [-0.3, -0.25) is 4.79 Å². The number of nitrogens with one attached hydrogen (secondary N) is 1.